The average Bonchev–Trinajstić information content (AvgIpc) is 3.22. The fourth-order valence-corrected chi connectivity index (χ4v) is 6.41. The van der Waals surface area contributed by atoms with Crippen molar-refractivity contribution in [3.63, 3.8) is 0 Å². The van der Waals surface area contributed by atoms with Gasteiger partial charge >= 0.3 is 17.9 Å². The number of hydrogen-bond donors (Lipinski definition) is 0. The van der Waals surface area contributed by atoms with Gasteiger partial charge in [-0.3, -0.25) is 14.4 Å². The van der Waals surface area contributed by atoms with Crippen LogP contribution in [-0.4, -0.2) is 37.2 Å². The molecule has 58 heavy (non-hydrogen) atoms. The molecular weight excluding hydrogens is 721 g/mol. The van der Waals surface area contributed by atoms with Crippen LogP contribution < -0.4 is 0 Å². The van der Waals surface area contributed by atoms with Gasteiger partial charge in [-0.1, -0.05) is 216 Å². The molecule has 6 nitrogen and oxygen atoms in total. The fourth-order valence-electron chi connectivity index (χ4n) is 6.41. The highest BCUT2D eigenvalue weighted by atomic mass is 16.6. The van der Waals surface area contributed by atoms with Crippen LogP contribution in [0, 0.1) is 0 Å². The fraction of sp³-hybridized carbons (Fsp3) is 0.712. The van der Waals surface area contributed by atoms with Gasteiger partial charge in [0, 0.05) is 19.3 Å². The average molecular weight is 809 g/mol. The summed E-state index contributed by atoms with van der Waals surface area (Å²) in [5, 5.41) is 0. The number of ether oxygens (including phenoxy) is 3. The van der Waals surface area contributed by atoms with Gasteiger partial charge in [-0.25, -0.2) is 0 Å². The summed E-state index contributed by atoms with van der Waals surface area (Å²) in [4.78, 5) is 37.7. The van der Waals surface area contributed by atoms with Crippen LogP contribution in [0.4, 0.5) is 0 Å². The van der Waals surface area contributed by atoms with E-state index in [0.29, 0.717) is 19.3 Å². The maximum atomic E-state index is 12.7. The largest absolute Gasteiger partial charge is 0.462 e. The molecule has 0 heterocycles. The topological polar surface area (TPSA) is 78.9 Å². The minimum atomic E-state index is -0.799. The molecule has 0 aliphatic rings. The van der Waals surface area contributed by atoms with Gasteiger partial charge in [0.1, 0.15) is 13.2 Å². The van der Waals surface area contributed by atoms with Crippen LogP contribution >= 0.6 is 0 Å². The molecule has 0 aromatic rings. The lowest BCUT2D eigenvalue weighted by Gasteiger charge is -2.18. The van der Waals surface area contributed by atoms with Crippen LogP contribution in [0.5, 0.6) is 0 Å². The highest BCUT2D eigenvalue weighted by molar-refractivity contribution is 5.71. The summed E-state index contributed by atoms with van der Waals surface area (Å²) in [6, 6.07) is 0. The molecule has 0 N–H and O–H groups in total. The van der Waals surface area contributed by atoms with Crippen LogP contribution in [0.15, 0.2) is 72.9 Å². The van der Waals surface area contributed by atoms with Crippen molar-refractivity contribution in [1.82, 2.24) is 0 Å². The first-order valence-corrected chi connectivity index (χ1v) is 23.9. The molecule has 1 atom stereocenters. The Kier molecular flexibility index (Phi) is 44.0. The quantitative estimate of drug-likeness (QED) is 0.0264. The Balaban J connectivity index is 4.43. The number of rotatable bonds is 42. The summed E-state index contributed by atoms with van der Waals surface area (Å²) in [5.41, 5.74) is 0. The normalized spacial score (nSPS) is 12.7. The predicted octanol–water partition coefficient (Wildman–Crippen LogP) is 15.5. The molecular formula is C52H88O6. The Hall–Kier alpha value is -3.15. The summed E-state index contributed by atoms with van der Waals surface area (Å²) < 4.78 is 16.6. The molecule has 0 saturated heterocycles. The van der Waals surface area contributed by atoms with Gasteiger partial charge in [-0.05, 0) is 57.8 Å². The lowest BCUT2D eigenvalue weighted by atomic mass is 10.0. The van der Waals surface area contributed by atoms with Gasteiger partial charge in [0.05, 0.1) is 0 Å². The van der Waals surface area contributed by atoms with Crippen molar-refractivity contribution in [2.75, 3.05) is 13.2 Å². The first kappa shape index (κ1) is 54.9. The lowest BCUT2D eigenvalue weighted by molar-refractivity contribution is -0.166. The maximum absolute atomic E-state index is 12.7. The van der Waals surface area contributed by atoms with Crippen molar-refractivity contribution in [3.05, 3.63) is 72.9 Å². The SMILES string of the molecule is CC/C=C\C/C=C\C/C=C\C/C=C\C/C=C\C/C=C\CCC(=O)OCC(COC(=O)CCCCCCCCCC)OC(=O)CCCCCCCCCCCCCCC. The molecule has 0 bridgehead atoms. The molecule has 1 unspecified atom stereocenters. The van der Waals surface area contributed by atoms with Crippen molar-refractivity contribution in [3.8, 4) is 0 Å². The van der Waals surface area contributed by atoms with E-state index in [0.717, 1.165) is 77.0 Å². The zero-order valence-corrected chi connectivity index (χ0v) is 37.8. The number of allylic oxidation sites excluding steroid dienone is 12. The minimum absolute atomic E-state index is 0.0966. The molecule has 0 saturated carbocycles. The smallest absolute Gasteiger partial charge is 0.306 e. The van der Waals surface area contributed by atoms with E-state index in [1.165, 1.54) is 96.3 Å². The molecule has 0 amide bonds. The Morgan fingerprint density at radius 3 is 1.05 bits per heavy atom. The zero-order valence-electron chi connectivity index (χ0n) is 37.8. The van der Waals surface area contributed by atoms with Crippen LogP contribution in [0.1, 0.15) is 220 Å². The van der Waals surface area contributed by atoms with Gasteiger partial charge in [0.15, 0.2) is 6.10 Å². The third-order valence-corrected chi connectivity index (χ3v) is 9.99. The van der Waals surface area contributed by atoms with Crippen LogP contribution in [0.25, 0.3) is 0 Å². The van der Waals surface area contributed by atoms with Gasteiger partial charge in [-0.15, -0.1) is 0 Å². The second-order valence-corrected chi connectivity index (χ2v) is 15.6. The summed E-state index contributed by atoms with van der Waals surface area (Å²) in [6.07, 6.45) is 57.6. The molecule has 0 fully saturated rings. The Labute approximate surface area is 357 Å². The molecule has 6 heteroatoms. The third-order valence-electron chi connectivity index (χ3n) is 9.99. The van der Waals surface area contributed by atoms with Crippen molar-refractivity contribution < 1.29 is 28.6 Å². The van der Waals surface area contributed by atoms with E-state index in [1.807, 2.05) is 6.08 Å². The van der Waals surface area contributed by atoms with E-state index in [1.54, 1.807) is 0 Å². The first-order chi connectivity index (χ1) is 28.5. The van der Waals surface area contributed by atoms with Crippen LogP contribution in [0.2, 0.25) is 0 Å². The van der Waals surface area contributed by atoms with E-state index in [9.17, 15) is 14.4 Å². The highest BCUT2D eigenvalue weighted by Crippen LogP contribution is 2.14. The first-order valence-electron chi connectivity index (χ1n) is 23.9. The lowest BCUT2D eigenvalue weighted by Crippen LogP contribution is -2.30. The van der Waals surface area contributed by atoms with Gasteiger partial charge < -0.3 is 14.2 Å². The second-order valence-electron chi connectivity index (χ2n) is 15.6. The number of carbonyl (C=O) groups excluding carboxylic acids is 3. The van der Waals surface area contributed by atoms with E-state index >= 15 is 0 Å². The highest BCUT2D eigenvalue weighted by Gasteiger charge is 2.19. The third kappa shape index (κ3) is 44.0. The second kappa shape index (κ2) is 46.5. The van der Waals surface area contributed by atoms with Crippen LogP contribution in [0.3, 0.4) is 0 Å². The Morgan fingerprint density at radius 1 is 0.362 bits per heavy atom. The number of unbranched alkanes of at least 4 members (excludes halogenated alkanes) is 19. The van der Waals surface area contributed by atoms with Gasteiger partial charge in [-0.2, -0.15) is 0 Å². The summed E-state index contributed by atoms with van der Waals surface area (Å²) >= 11 is 0. The zero-order chi connectivity index (χ0) is 42.3. The van der Waals surface area contributed by atoms with E-state index in [2.05, 4.69) is 87.6 Å². The van der Waals surface area contributed by atoms with E-state index in [4.69, 9.17) is 14.2 Å². The van der Waals surface area contributed by atoms with Crippen molar-refractivity contribution >= 4 is 17.9 Å². The van der Waals surface area contributed by atoms with E-state index in [-0.39, 0.29) is 37.5 Å². The molecule has 332 valence electrons. The molecule has 0 rings (SSSR count). The molecule has 0 aliphatic heterocycles. The van der Waals surface area contributed by atoms with Crippen molar-refractivity contribution in [1.29, 1.82) is 0 Å². The summed E-state index contributed by atoms with van der Waals surface area (Å²) in [7, 11) is 0. The Morgan fingerprint density at radius 2 is 0.672 bits per heavy atom. The van der Waals surface area contributed by atoms with Crippen molar-refractivity contribution in [2.24, 2.45) is 0 Å². The number of carbonyl (C=O) groups is 3. The Bertz CT molecular complexity index is 1110. The summed E-state index contributed by atoms with van der Waals surface area (Å²) in [6.45, 7) is 6.42. The standard InChI is InChI=1S/C52H88O6/c1-4-7-10-13-16-19-21-23-24-25-26-27-28-30-31-33-36-39-42-45-51(54)57-48-49(47-56-50(53)44-41-38-35-18-15-12-9-6-3)58-52(55)46-43-40-37-34-32-29-22-20-17-14-11-8-5-2/h7,10,16,19,23-24,26-27,30-31,36,39,49H,4-6,8-9,11-15,17-18,20-22,25,28-29,32-35,37-38,40-48H2,1-3H3/b10-7-,19-16-,24-23-,27-26-,31-30-,39-36-. The minimum Gasteiger partial charge on any atom is -0.462 e. The molecule has 0 spiro atoms. The molecule has 0 aromatic heterocycles. The van der Waals surface area contributed by atoms with Gasteiger partial charge in [0.2, 0.25) is 0 Å². The predicted molar refractivity (Wildman–Crippen MR) is 247 cm³/mol. The molecule has 0 radical (unpaired) electrons. The number of esters is 3. The molecule has 0 aliphatic carbocycles. The maximum Gasteiger partial charge on any atom is 0.306 e. The molecule has 0 aromatic carbocycles. The summed E-state index contributed by atoms with van der Waals surface area (Å²) in [5.74, 6) is -0.990. The number of hydrogen-bond acceptors (Lipinski definition) is 6. The van der Waals surface area contributed by atoms with Gasteiger partial charge in [0.25, 0.3) is 0 Å². The van der Waals surface area contributed by atoms with Crippen LogP contribution in [-0.2, 0) is 28.6 Å². The van der Waals surface area contributed by atoms with Crippen molar-refractivity contribution in [2.45, 2.75) is 226 Å². The van der Waals surface area contributed by atoms with E-state index < -0.39 is 6.10 Å². The monoisotopic (exact) mass is 809 g/mol.